The first-order chi connectivity index (χ1) is 37.1. The fraction of sp³-hybridized carbons (Fsp3) is 1.00. The molecule has 0 amide bonds. The summed E-state index contributed by atoms with van der Waals surface area (Å²) in [5, 5.41) is 128. The second kappa shape index (κ2) is 32.1. The van der Waals surface area contributed by atoms with Crippen molar-refractivity contribution in [2.45, 2.75) is 196 Å². The first kappa shape index (κ1) is 67.3. The molecule has 0 aromatic heterocycles. The fourth-order valence-electron chi connectivity index (χ4n) is 9.92. The zero-order valence-corrected chi connectivity index (χ0v) is 46.2. The van der Waals surface area contributed by atoms with E-state index in [2.05, 4.69) is 0 Å². The molecule has 6 aliphatic rings. The smallest absolute Gasteiger partial charge is 0.187 e. The van der Waals surface area contributed by atoms with Crippen LogP contribution >= 0.6 is 45.1 Å². The number of aliphatic hydroxyl groups excluding tert-OH is 12. The Bertz CT molecular complexity index is 1620. The van der Waals surface area contributed by atoms with Crippen LogP contribution in [0.1, 0.15) is 12.8 Å². The summed E-state index contributed by atoms with van der Waals surface area (Å²) >= 11 is 2.86. The van der Waals surface area contributed by atoms with Gasteiger partial charge in [0.05, 0.1) is 62.9 Å². The van der Waals surface area contributed by atoms with Crippen LogP contribution in [0.5, 0.6) is 0 Å². The van der Waals surface area contributed by atoms with E-state index in [4.69, 9.17) is 93.2 Å². The van der Waals surface area contributed by atoms with Gasteiger partial charge in [-0.15, -0.1) is 0 Å². The maximum absolute atomic E-state index is 11.4. The molecule has 34 heteroatoms. The molecule has 30 atom stereocenters. The zero-order valence-electron chi connectivity index (χ0n) is 42.9. The first-order valence-corrected chi connectivity index (χ1v) is 30.8. The van der Waals surface area contributed by atoms with Crippen LogP contribution in [0, 0.1) is 0 Å². The standard InChI is InChI=1S/C44H86N8O22S4/c45-11-19-27(55)31(59)33(61)43(67-19)73-39-17(49)9-15(47)37(35(39)63)71-41-29(57)23(51)25(53)21(69-41)13-75-5-1-65-3-7-77-78-8-4-66-2-6-76-14-22-26(54)24(52)30(58)42(70-22)72-38-16(48)10-18(50)40(36(38)64)74-44-34(62)32(60)28(56)20(12-46)68-44/h15-44,53-64H,1-14,45-52H2. The molecule has 0 radical (unpaired) electrons. The molecule has 2 aliphatic carbocycles. The molecule has 4 saturated heterocycles. The van der Waals surface area contributed by atoms with Crippen molar-refractivity contribution in [2.75, 3.05) is 74.0 Å². The van der Waals surface area contributed by atoms with Gasteiger partial charge in [-0.1, -0.05) is 21.6 Å². The predicted octanol–water partition coefficient (Wildman–Crippen LogP) is -10.7. The molecular formula is C44H86N8O22S4. The van der Waals surface area contributed by atoms with Gasteiger partial charge in [-0.25, -0.2) is 0 Å². The van der Waals surface area contributed by atoms with Crippen LogP contribution in [-0.2, 0) is 47.4 Å². The molecule has 6 fully saturated rings. The van der Waals surface area contributed by atoms with E-state index in [0.29, 0.717) is 49.4 Å². The van der Waals surface area contributed by atoms with Crippen LogP contribution in [0.2, 0.25) is 0 Å². The van der Waals surface area contributed by atoms with Crippen molar-refractivity contribution >= 4 is 45.1 Å². The van der Waals surface area contributed by atoms with Crippen LogP contribution in [0.15, 0.2) is 0 Å². The van der Waals surface area contributed by atoms with Crippen LogP contribution < -0.4 is 45.9 Å². The fourth-order valence-corrected chi connectivity index (χ4v) is 13.5. The van der Waals surface area contributed by atoms with Crippen LogP contribution in [-0.4, -0.2) is 319 Å². The minimum absolute atomic E-state index is 0.0676. The van der Waals surface area contributed by atoms with Crippen molar-refractivity contribution < 1.29 is 109 Å². The highest BCUT2D eigenvalue weighted by atomic mass is 33.1. The number of rotatable bonds is 27. The molecular weight excluding hydrogens is 1120 g/mol. The Kier molecular flexibility index (Phi) is 27.7. The van der Waals surface area contributed by atoms with E-state index in [-0.39, 0.29) is 37.4 Å². The van der Waals surface area contributed by atoms with Crippen molar-refractivity contribution in [3.63, 3.8) is 0 Å². The summed E-state index contributed by atoms with van der Waals surface area (Å²) in [6.45, 7) is 1.40. The molecule has 2 saturated carbocycles. The summed E-state index contributed by atoms with van der Waals surface area (Å²) in [5.41, 5.74) is 48.8. The van der Waals surface area contributed by atoms with Crippen LogP contribution in [0.3, 0.4) is 0 Å². The van der Waals surface area contributed by atoms with E-state index in [1.807, 2.05) is 0 Å². The number of aliphatic hydroxyl groups is 12. The lowest BCUT2D eigenvalue weighted by atomic mass is 9.84. The van der Waals surface area contributed by atoms with Gasteiger partial charge in [-0.05, 0) is 12.8 Å². The van der Waals surface area contributed by atoms with Gasteiger partial charge in [-0.3, -0.25) is 0 Å². The Morgan fingerprint density at radius 1 is 0.346 bits per heavy atom. The van der Waals surface area contributed by atoms with Crippen molar-refractivity contribution in [1.29, 1.82) is 0 Å². The minimum atomic E-state index is -1.70. The average Bonchev–Trinajstić information content (AvgIpc) is 3.45. The summed E-state index contributed by atoms with van der Waals surface area (Å²) in [6, 6.07) is -5.79. The third-order valence-corrected chi connectivity index (χ3v) is 19.0. The summed E-state index contributed by atoms with van der Waals surface area (Å²) in [7, 11) is 3.25. The molecule has 6 rings (SSSR count). The van der Waals surface area contributed by atoms with Gasteiger partial charge >= 0.3 is 0 Å². The van der Waals surface area contributed by atoms with Gasteiger partial charge < -0.3 is 155 Å². The lowest BCUT2D eigenvalue weighted by Crippen LogP contribution is -2.68. The summed E-state index contributed by atoms with van der Waals surface area (Å²) in [5.74, 6) is 3.06. The topological polar surface area (TPSA) is 543 Å². The van der Waals surface area contributed by atoms with E-state index in [9.17, 15) is 61.3 Å². The monoisotopic (exact) mass is 1210 g/mol. The van der Waals surface area contributed by atoms with Gasteiger partial charge in [0.15, 0.2) is 25.2 Å². The molecule has 0 bridgehead atoms. The quantitative estimate of drug-likeness (QED) is 0.0268. The lowest BCUT2D eigenvalue weighted by molar-refractivity contribution is -0.330. The highest BCUT2D eigenvalue weighted by molar-refractivity contribution is 8.76. The van der Waals surface area contributed by atoms with E-state index >= 15 is 0 Å². The maximum atomic E-state index is 11.4. The number of thioether (sulfide) groups is 2. The summed E-state index contributed by atoms with van der Waals surface area (Å²) in [4.78, 5) is 0. The van der Waals surface area contributed by atoms with Crippen LogP contribution in [0.25, 0.3) is 0 Å². The van der Waals surface area contributed by atoms with Gasteiger partial charge in [0, 0.05) is 71.8 Å². The number of nitrogens with two attached hydrogens (primary N) is 8. The second-order valence-electron chi connectivity index (χ2n) is 20.2. The van der Waals surface area contributed by atoms with Crippen molar-refractivity contribution in [3.05, 3.63) is 0 Å². The maximum Gasteiger partial charge on any atom is 0.187 e. The van der Waals surface area contributed by atoms with Crippen LogP contribution in [0.4, 0.5) is 0 Å². The molecule has 0 aromatic carbocycles. The van der Waals surface area contributed by atoms with E-state index in [0.717, 1.165) is 0 Å². The largest absolute Gasteiger partial charge is 0.389 e. The van der Waals surface area contributed by atoms with Crippen molar-refractivity contribution in [2.24, 2.45) is 45.9 Å². The molecule has 30 unspecified atom stereocenters. The van der Waals surface area contributed by atoms with Crippen molar-refractivity contribution in [1.82, 2.24) is 0 Å². The molecule has 0 aromatic rings. The van der Waals surface area contributed by atoms with E-state index in [1.165, 1.54) is 23.5 Å². The highest BCUT2D eigenvalue weighted by Gasteiger charge is 2.54. The summed E-state index contributed by atoms with van der Waals surface area (Å²) in [6.07, 6.45) is -32.7. The van der Waals surface area contributed by atoms with Gasteiger partial charge in [0.25, 0.3) is 0 Å². The van der Waals surface area contributed by atoms with E-state index in [1.54, 1.807) is 21.6 Å². The molecule has 78 heavy (non-hydrogen) atoms. The molecule has 458 valence electrons. The van der Waals surface area contributed by atoms with E-state index < -0.39 is 183 Å². The summed E-state index contributed by atoms with van der Waals surface area (Å²) < 4.78 is 58.2. The number of hydrogen-bond acceptors (Lipinski definition) is 34. The molecule has 4 aliphatic heterocycles. The number of ether oxygens (including phenoxy) is 10. The first-order valence-electron chi connectivity index (χ1n) is 26.0. The Morgan fingerprint density at radius 3 is 0.962 bits per heavy atom. The Morgan fingerprint density at radius 2 is 0.641 bits per heavy atom. The molecule has 4 heterocycles. The minimum Gasteiger partial charge on any atom is -0.389 e. The zero-order chi connectivity index (χ0) is 57.1. The van der Waals surface area contributed by atoms with Gasteiger partial charge in [0.2, 0.25) is 0 Å². The molecule has 0 spiro atoms. The third-order valence-electron chi connectivity index (χ3n) is 14.6. The lowest BCUT2D eigenvalue weighted by Gasteiger charge is -2.48. The Balaban J connectivity index is 0.810. The molecule has 28 N–H and O–H groups in total. The van der Waals surface area contributed by atoms with Gasteiger partial charge in [-0.2, -0.15) is 23.5 Å². The predicted molar refractivity (Wildman–Crippen MR) is 283 cm³/mol. The third kappa shape index (κ3) is 17.0. The SMILES string of the molecule is NCC1OC(OC2C(N)CC(N)C(OC3OC(CSCCOCCSSCCOCCSCC4OC(OC5C(N)CC(N)C(OC6OC(CN)C(O)C(O)C6O)C5O)C(O)C(N)C4O)C(O)C(N)C3O)C2O)C(O)C(O)C1O. The molecule has 30 nitrogen and oxygen atoms in total. The highest BCUT2D eigenvalue weighted by Crippen LogP contribution is 2.34. The second-order valence-corrected chi connectivity index (χ2v) is 25.2. The normalized spacial score (nSPS) is 47.5. The van der Waals surface area contributed by atoms with Crippen molar-refractivity contribution in [3.8, 4) is 0 Å². The Hall–Kier alpha value is 0.200. The number of hydrogen-bond donors (Lipinski definition) is 20. The average molecular weight is 1210 g/mol. The Labute approximate surface area is 468 Å². The van der Waals surface area contributed by atoms with Gasteiger partial charge in [0.1, 0.15) is 97.7 Å².